The highest BCUT2D eigenvalue weighted by molar-refractivity contribution is 6.32. The smallest absolute Gasteiger partial charge is 0.338 e. The minimum absolute atomic E-state index is 0.0589. The molecular weight excluding hydrogens is 348 g/mol. The van der Waals surface area contributed by atoms with E-state index in [1.165, 1.54) is 13.0 Å². The molecule has 0 aliphatic heterocycles. The van der Waals surface area contributed by atoms with Gasteiger partial charge in [-0.15, -0.1) is 0 Å². The number of rotatable bonds is 8. The van der Waals surface area contributed by atoms with Crippen molar-refractivity contribution in [3.8, 4) is 11.5 Å². The highest BCUT2D eigenvalue weighted by Crippen LogP contribution is 2.37. The van der Waals surface area contributed by atoms with Crippen molar-refractivity contribution in [2.24, 2.45) is 0 Å². The summed E-state index contributed by atoms with van der Waals surface area (Å²) in [4.78, 5) is 10.5. The molecule has 0 saturated heterocycles. The lowest BCUT2D eigenvalue weighted by atomic mass is 10.1. The lowest BCUT2D eigenvalue weighted by Gasteiger charge is -2.13. The number of nitrogens with zero attached hydrogens (tertiary/aromatic N) is 2. The van der Waals surface area contributed by atoms with Gasteiger partial charge in [0.15, 0.2) is 17.2 Å². The van der Waals surface area contributed by atoms with Gasteiger partial charge in [-0.2, -0.15) is 0 Å². The molecule has 132 valence electrons. The first-order valence-electron chi connectivity index (χ1n) is 7.46. The van der Waals surface area contributed by atoms with Crippen molar-refractivity contribution >= 4 is 29.4 Å². The number of benzene rings is 1. The highest BCUT2D eigenvalue weighted by Gasteiger charge is 2.22. The normalized spacial score (nSPS) is 10.8. The molecule has 0 amide bonds. The molecule has 7 nitrogen and oxygen atoms in total. The number of hydrogen-bond acceptors (Lipinski definition) is 6. The molecule has 8 heteroatoms. The standard InChI is InChI=1S/C17H17ClN2O5/c1-4-8-24-17-13(18)9-12(10-15(17)23-5-2)6-7-14-16(20(21)22)11(3)19-25-14/h4,6-7,9-10H,1,5,8H2,2-3H3/b7-6-. The molecule has 0 N–H and O–H groups in total. The minimum atomic E-state index is -0.531. The number of aromatic nitrogens is 1. The zero-order valence-corrected chi connectivity index (χ0v) is 14.6. The van der Waals surface area contributed by atoms with Crippen molar-refractivity contribution in [3.63, 3.8) is 0 Å². The maximum Gasteiger partial charge on any atom is 0.338 e. The Labute approximate surface area is 149 Å². The first-order chi connectivity index (χ1) is 12.0. The van der Waals surface area contributed by atoms with E-state index in [1.807, 2.05) is 6.92 Å². The average molecular weight is 365 g/mol. The fraction of sp³-hybridized carbons (Fsp3) is 0.235. The van der Waals surface area contributed by atoms with Gasteiger partial charge in [-0.1, -0.05) is 35.5 Å². The van der Waals surface area contributed by atoms with Crippen LogP contribution in [0.1, 0.15) is 23.9 Å². The van der Waals surface area contributed by atoms with E-state index >= 15 is 0 Å². The quantitative estimate of drug-likeness (QED) is 0.384. The van der Waals surface area contributed by atoms with Gasteiger partial charge in [0.05, 0.1) is 16.6 Å². The van der Waals surface area contributed by atoms with Crippen molar-refractivity contribution in [2.45, 2.75) is 13.8 Å². The largest absolute Gasteiger partial charge is 0.490 e. The van der Waals surface area contributed by atoms with Crippen LogP contribution < -0.4 is 9.47 Å². The molecule has 0 radical (unpaired) electrons. The summed E-state index contributed by atoms with van der Waals surface area (Å²) < 4.78 is 16.1. The third-order valence-corrected chi connectivity index (χ3v) is 3.42. The molecule has 1 aromatic heterocycles. The van der Waals surface area contributed by atoms with E-state index in [0.29, 0.717) is 35.3 Å². The topological polar surface area (TPSA) is 87.6 Å². The molecular formula is C17H17ClN2O5. The molecule has 0 bridgehead atoms. The summed E-state index contributed by atoms with van der Waals surface area (Å²) in [7, 11) is 0. The molecule has 0 atom stereocenters. The molecule has 2 rings (SSSR count). The van der Waals surface area contributed by atoms with Gasteiger partial charge in [0.2, 0.25) is 5.76 Å². The van der Waals surface area contributed by atoms with Gasteiger partial charge < -0.3 is 14.0 Å². The zero-order valence-electron chi connectivity index (χ0n) is 13.8. The SMILES string of the molecule is C=CCOc1c(Cl)cc(/C=C\c2onc(C)c2[N+](=O)[O-])cc1OCC. The van der Waals surface area contributed by atoms with E-state index in [4.69, 9.17) is 25.6 Å². The van der Waals surface area contributed by atoms with Crippen molar-refractivity contribution in [1.29, 1.82) is 0 Å². The summed E-state index contributed by atoms with van der Waals surface area (Å²) in [5, 5.41) is 15.0. The third kappa shape index (κ3) is 4.39. The van der Waals surface area contributed by atoms with Crippen molar-refractivity contribution in [1.82, 2.24) is 5.16 Å². The van der Waals surface area contributed by atoms with E-state index in [0.717, 1.165) is 0 Å². The van der Waals surface area contributed by atoms with Crippen LogP contribution in [0.2, 0.25) is 5.02 Å². The van der Waals surface area contributed by atoms with Crippen LogP contribution in [0.15, 0.2) is 29.3 Å². The summed E-state index contributed by atoms with van der Waals surface area (Å²) >= 11 is 6.26. The molecule has 0 saturated carbocycles. The summed E-state index contributed by atoms with van der Waals surface area (Å²) in [5.41, 5.74) is 0.715. The Morgan fingerprint density at radius 1 is 1.40 bits per heavy atom. The Balaban J connectivity index is 2.36. The highest BCUT2D eigenvalue weighted by atomic mass is 35.5. The molecule has 0 spiro atoms. The maximum absolute atomic E-state index is 11.1. The van der Waals surface area contributed by atoms with Gasteiger partial charge in [-0.05, 0) is 37.6 Å². The van der Waals surface area contributed by atoms with E-state index in [2.05, 4.69) is 11.7 Å². The van der Waals surface area contributed by atoms with Crippen LogP contribution in [0, 0.1) is 17.0 Å². The second kappa shape index (κ2) is 8.34. The van der Waals surface area contributed by atoms with Gasteiger partial charge in [-0.25, -0.2) is 0 Å². The van der Waals surface area contributed by atoms with Crippen LogP contribution in [0.5, 0.6) is 11.5 Å². The van der Waals surface area contributed by atoms with Crippen molar-refractivity contribution in [2.75, 3.05) is 13.2 Å². The van der Waals surface area contributed by atoms with Crippen LogP contribution in [-0.4, -0.2) is 23.3 Å². The first-order valence-corrected chi connectivity index (χ1v) is 7.84. The minimum Gasteiger partial charge on any atom is -0.490 e. The number of aryl methyl sites for hydroxylation is 1. The van der Waals surface area contributed by atoms with Crippen LogP contribution in [-0.2, 0) is 0 Å². The summed E-state index contributed by atoms with van der Waals surface area (Å²) in [6.45, 7) is 7.67. The Bertz CT molecular complexity index is 814. The van der Waals surface area contributed by atoms with E-state index in [9.17, 15) is 10.1 Å². The van der Waals surface area contributed by atoms with Gasteiger partial charge in [0.25, 0.3) is 0 Å². The van der Waals surface area contributed by atoms with Gasteiger partial charge in [0.1, 0.15) is 6.61 Å². The van der Waals surface area contributed by atoms with Crippen LogP contribution in [0.25, 0.3) is 12.2 Å². The molecule has 0 aliphatic rings. The molecule has 0 fully saturated rings. The fourth-order valence-electron chi connectivity index (χ4n) is 2.12. The summed E-state index contributed by atoms with van der Waals surface area (Å²) in [6.07, 6.45) is 4.69. The predicted octanol–water partition coefficient (Wildman–Crippen LogP) is 4.68. The molecule has 0 aliphatic carbocycles. The molecule has 1 heterocycles. The summed E-state index contributed by atoms with van der Waals surface area (Å²) in [6, 6.07) is 3.38. The lowest BCUT2D eigenvalue weighted by Crippen LogP contribution is -2.00. The van der Waals surface area contributed by atoms with Crippen molar-refractivity contribution < 1.29 is 18.9 Å². The van der Waals surface area contributed by atoms with Gasteiger partial charge in [0, 0.05) is 0 Å². The Kier molecular flexibility index (Phi) is 6.19. The number of ether oxygens (including phenoxy) is 2. The van der Waals surface area contributed by atoms with E-state index in [1.54, 1.807) is 24.3 Å². The average Bonchev–Trinajstić information content (AvgIpc) is 2.93. The second-order valence-corrected chi connectivity index (χ2v) is 5.34. The fourth-order valence-corrected chi connectivity index (χ4v) is 2.39. The monoisotopic (exact) mass is 364 g/mol. The molecule has 0 unspecified atom stereocenters. The number of nitro groups is 1. The number of hydrogen-bond donors (Lipinski definition) is 0. The Morgan fingerprint density at radius 3 is 2.80 bits per heavy atom. The van der Waals surface area contributed by atoms with Gasteiger partial charge in [-0.3, -0.25) is 10.1 Å². The molecule has 25 heavy (non-hydrogen) atoms. The maximum atomic E-state index is 11.1. The first kappa shape index (κ1) is 18.5. The van der Waals surface area contributed by atoms with Crippen LogP contribution >= 0.6 is 11.6 Å². The van der Waals surface area contributed by atoms with Gasteiger partial charge >= 0.3 is 5.69 Å². The van der Waals surface area contributed by atoms with Crippen LogP contribution in [0.4, 0.5) is 5.69 Å². The second-order valence-electron chi connectivity index (χ2n) is 4.93. The third-order valence-electron chi connectivity index (χ3n) is 3.14. The molecule has 1 aromatic carbocycles. The number of halogens is 1. The van der Waals surface area contributed by atoms with E-state index in [-0.39, 0.29) is 17.1 Å². The Hall–Kier alpha value is -2.80. The van der Waals surface area contributed by atoms with Crippen LogP contribution in [0.3, 0.4) is 0 Å². The zero-order chi connectivity index (χ0) is 18.4. The Morgan fingerprint density at radius 2 is 2.16 bits per heavy atom. The predicted molar refractivity (Wildman–Crippen MR) is 95.1 cm³/mol. The van der Waals surface area contributed by atoms with E-state index < -0.39 is 4.92 Å². The lowest BCUT2D eigenvalue weighted by molar-refractivity contribution is -0.386. The molecule has 2 aromatic rings. The van der Waals surface area contributed by atoms with Crippen molar-refractivity contribution in [3.05, 3.63) is 56.9 Å². The summed E-state index contributed by atoms with van der Waals surface area (Å²) in [5.74, 6) is 0.949.